The van der Waals surface area contributed by atoms with Crippen LogP contribution in [0, 0.1) is 5.92 Å². The van der Waals surface area contributed by atoms with E-state index in [0.29, 0.717) is 25.3 Å². The number of carbonyl (C=O) groups is 1. The Kier molecular flexibility index (Phi) is 5.94. The second-order valence-electron chi connectivity index (χ2n) is 6.12. The Labute approximate surface area is 152 Å². The standard InChI is InChI=1S/C19H22N2O3S/c1-24-16-6-4-7-17(10-16)25-13-19(23)21-11-14(18(22)12-21)9-15-5-2-3-8-20-15/h2-8,10,14,18,22H,9,11-13H2,1H3/t14-,18-/m1/s1. The Balaban J connectivity index is 1.52. The largest absolute Gasteiger partial charge is 0.497 e. The first-order valence-electron chi connectivity index (χ1n) is 8.28. The number of pyridine rings is 1. The molecule has 1 aliphatic heterocycles. The first kappa shape index (κ1) is 17.8. The van der Waals surface area contributed by atoms with Crippen LogP contribution in [0.1, 0.15) is 5.69 Å². The number of aliphatic hydroxyl groups is 1. The van der Waals surface area contributed by atoms with Gasteiger partial charge in [0.15, 0.2) is 0 Å². The molecule has 1 aromatic carbocycles. The van der Waals surface area contributed by atoms with Gasteiger partial charge >= 0.3 is 0 Å². The van der Waals surface area contributed by atoms with Crippen LogP contribution in [-0.4, -0.2) is 53.0 Å². The number of hydrogen-bond donors (Lipinski definition) is 1. The third kappa shape index (κ3) is 4.74. The van der Waals surface area contributed by atoms with E-state index in [1.165, 1.54) is 11.8 Å². The second-order valence-corrected chi connectivity index (χ2v) is 7.17. The number of likely N-dealkylation sites (tertiary alicyclic amines) is 1. The molecule has 0 saturated carbocycles. The number of hydrogen-bond acceptors (Lipinski definition) is 5. The van der Waals surface area contributed by atoms with Crippen LogP contribution in [0.4, 0.5) is 0 Å². The predicted molar refractivity (Wildman–Crippen MR) is 97.7 cm³/mol. The highest BCUT2D eigenvalue weighted by molar-refractivity contribution is 8.00. The number of aromatic nitrogens is 1. The fourth-order valence-corrected chi connectivity index (χ4v) is 3.82. The van der Waals surface area contributed by atoms with E-state index in [1.807, 2.05) is 42.5 Å². The summed E-state index contributed by atoms with van der Waals surface area (Å²) >= 11 is 1.49. The smallest absolute Gasteiger partial charge is 0.233 e. The first-order valence-corrected chi connectivity index (χ1v) is 9.27. The van der Waals surface area contributed by atoms with Crippen LogP contribution >= 0.6 is 11.8 Å². The van der Waals surface area contributed by atoms with Gasteiger partial charge in [-0.15, -0.1) is 11.8 Å². The van der Waals surface area contributed by atoms with Crippen LogP contribution in [-0.2, 0) is 11.2 Å². The van der Waals surface area contributed by atoms with Crippen molar-refractivity contribution in [1.29, 1.82) is 0 Å². The summed E-state index contributed by atoms with van der Waals surface area (Å²) in [4.78, 5) is 19.5. The molecule has 2 atom stereocenters. The van der Waals surface area contributed by atoms with Gasteiger partial charge in [0, 0.05) is 35.8 Å². The topological polar surface area (TPSA) is 62.7 Å². The molecule has 0 unspecified atom stereocenters. The van der Waals surface area contributed by atoms with Crippen molar-refractivity contribution < 1.29 is 14.6 Å². The lowest BCUT2D eigenvalue weighted by Crippen LogP contribution is -2.31. The number of ether oxygens (including phenoxy) is 1. The van der Waals surface area contributed by atoms with Gasteiger partial charge < -0.3 is 14.7 Å². The van der Waals surface area contributed by atoms with Gasteiger partial charge in [-0.05, 0) is 36.8 Å². The van der Waals surface area contributed by atoms with Crippen molar-refractivity contribution in [3.63, 3.8) is 0 Å². The summed E-state index contributed by atoms with van der Waals surface area (Å²) in [7, 11) is 1.63. The van der Waals surface area contributed by atoms with Crippen LogP contribution in [0.5, 0.6) is 5.75 Å². The lowest BCUT2D eigenvalue weighted by molar-refractivity contribution is -0.127. The molecule has 1 fully saturated rings. The van der Waals surface area contributed by atoms with E-state index < -0.39 is 6.10 Å². The molecular weight excluding hydrogens is 336 g/mol. The number of aliphatic hydroxyl groups excluding tert-OH is 1. The maximum atomic E-state index is 12.5. The molecule has 1 aliphatic rings. The highest BCUT2D eigenvalue weighted by Crippen LogP contribution is 2.25. The predicted octanol–water partition coefficient (Wildman–Crippen LogP) is 2.24. The molecule has 0 spiro atoms. The maximum absolute atomic E-state index is 12.5. The Morgan fingerprint density at radius 3 is 2.96 bits per heavy atom. The van der Waals surface area contributed by atoms with E-state index in [0.717, 1.165) is 16.3 Å². The van der Waals surface area contributed by atoms with Gasteiger partial charge in [-0.1, -0.05) is 12.1 Å². The first-order chi connectivity index (χ1) is 12.2. The fraction of sp³-hybridized carbons (Fsp3) is 0.368. The average molecular weight is 358 g/mol. The highest BCUT2D eigenvalue weighted by atomic mass is 32.2. The van der Waals surface area contributed by atoms with Gasteiger partial charge in [0.25, 0.3) is 0 Å². The second kappa shape index (κ2) is 8.36. The molecule has 25 heavy (non-hydrogen) atoms. The van der Waals surface area contributed by atoms with E-state index in [9.17, 15) is 9.90 Å². The molecule has 2 aromatic rings. The van der Waals surface area contributed by atoms with Crippen molar-refractivity contribution in [2.75, 3.05) is 26.0 Å². The van der Waals surface area contributed by atoms with E-state index >= 15 is 0 Å². The van der Waals surface area contributed by atoms with Crippen LogP contribution < -0.4 is 4.74 Å². The average Bonchev–Trinajstić information content (AvgIpc) is 3.01. The molecule has 0 bridgehead atoms. The number of thioether (sulfide) groups is 1. The Bertz CT molecular complexity index is 711. The molecule has 1 saturated heterocycles. The minimum absolute atomic E-state index is 0.0423. The van der Waals surface area contributed by atoms with E-state index in [-0.39, 0.29) is 11.8 Å². The van der Waals surface area contributed by atoms with E-state index in [4.69, 9.17) is 4.74 Å². The summed E-state index contributed by atoms with van der Waals surface area (Å²) in [5.41, 5.74) is 0.951. The van der Waals surface area contributed by atoms with Crippen molar-refractivity contribution in [3.8, 4) is 5.75 Å². The number of methoxy groups -OCH3 is 1. The van der Waals surface area contributed by atoms with E-state index in [1.54, 1.807) is 18.2 Å². The zero-order chi connectivity index (χ0) is 17.6. The van der Waals surface area contributed by atoms with Gasteiger partial charge in [-0.3, -0.25) is 9.78 Å². The summed E-state index contributed by atoms with van der Waals surface area (Å²) in [6, 6.07) is 13.4. The zero-order valence-corrected chi connectivity index (χ0v) is 15.0. The van der Waals surface area contributed by atoms with Crippen LogP contribution in [0.3, 0.4) is 0 Å². The Morgan fingerprint density at radius 2 is 2.20 bits per heavy atom. The van der Waals surface area contributed by atoms with Crippen LogP contribution in [0.25, 0.3) is 0 Å². The van der Waals surface area contributed by atoms with Crippen LogP contribution in [0.15, 0.2) is 53.6 Å². The van der Waals surface area contributed by atoms with Gasteiger partial charge in [0.05, 0.1) is 19.0 Å². The number of carbonyl (C=O) groups excluding carboxylic acids is 1. The number of nitrogens with zero attached hydrogens (tertiary/aromatic N) is 2. The fourth-order valence-electron chi connectivity index (χ4n) is 2.97. The molecule has 0 aliphatic carbocycles. The Hall–Kier alpha value is -2.05. The SMILES string of the molecule is COc1cccc(SCC(=O)N2C[C@@H](Cc3ccccn3)[C@H](O)C2)c1. The maximum Gasteiger partial charge on any atom is 0.233 e. The summed E-state index contributed by atoms with van der Waals surface area (Å²) in [5, 5.41) is 10.3. The van der Waals surface area contributed by atoms with E-state index in [2.05, 4.69) is 4.98 Å². The lowest BCUT2D eigenvalue weighted by atomic mass is 10.00. The molecule has 6 heteroatoms. The summed E-state index contributed by atoms with van der Waals surface area (Å²) in [6.07, 6.45) is 1.95. The third-order valence-electron chi connectivity index (χ3n) is 4.36. The molecule has 3 rings (SSSR count). The summed E-state index contributed by atoms with van der Waals surface area (Å²) < 4.78 is 5.20. The monoisotopic (exact) mass is 358 g/mol. The highest BCUT2D eigenvalue weighted by Gasteiger charge is 2.34. The van der Waals surface area contributed by atoms with Gasteiger partial charge in [-0.2, -0.15) is 0 Å². The van der Waals surface area contributed by atoms with Crippen molar-refractivity contribution in [3.05, 3.63) is 54.4 Å². The molecular formula is C19H22N2O3S. The van der Waals surface area contributed by atoms with Gasteiger partial charge in [-0.25, -0.2) is 0 Å². The molecule has 1 aromatic heterocycles. The number of rotatable bonds is 6. The normalized spacial score (nSPS) is 19.8. The lowest BCUT2D eigenvalue weighted by Gasteiger charge is -2.16. The van der Waals surface area contributed by atoms with Crippen molar-refractivity contribution in [2.45, 2.75) is 17.4 Å². The Morgan fingerprint density at radius 1 is 1.32 bits per heavy atom. The number of amides is 1. The summed E-state index contributed by atoms with van der Waals surface area (Å²) in [5.74, 6) is 1.23. The molecule has 0 radical (unpaired) electrons. The summed E-state index contributed by atoms with van der Waals surface area (Å²) in [6.45, 7) is 0.976. The minimum Gasteiger partial charge on any atom is -0.497 e. The molecule has 132 valence electrons. The van der Waals surface area contributed by atoms with Gasteiger partial charge in [0.2, 0.25) is 5.91 Å². The molecule has 1 amide bonds. The van der Waals surface area contributed by atoms with Gasteiger partial charge in [0.1, 0.15) is 5.75 Å². The van der Waals surface area contributed by atoms with Crippen molar-refractivity contribution in [1.82, 2.24) is 9.88 Å². The molecule has 1 N–H and O–H groups in total. The number of benzene rings is 1. The van der Waals surface area contributed by atoms with Crippen molar-refractivity contribution in [2.24, 2.45) is 5.92 Å². The minimum atomic E-state index is -0.493. The molecule has 5 nitrogen and oxygen atoms in total. The molecule has 2 heterocycles. The quantitative estimate of drug-likeness (QED) is 0.803. The van der Waals surface area contributed by atoms with Crippen LogP contribution in [0.2, 0.25) is 0 Å². The number of β-amino-alcohol motifs (C(OH)–C–C–N with tert-alkyl or cyclic N) is 1. The van der Waals surface area contributed by atoms with Crippen molar-refractivity contribution >= 4 is 17.7 Å². The third-order valence-corrected chi connectivity index (χ3v) is 5.34. The zero-order valence-electron chi connectivity index (χ0n) is 14.2.